The van der Waals surface area contributed by atoms with Gasteiger partial charge < -0.3 is 10.6 Å². The minimum absolute atomic E-state index is 0.114. The van der Waals surface area contributed by atoms with Crippen LogP contribution >= 0.6 is 0 Å². The van der Waals surface area contributed by atoms with Crippen molar-refractivity contribution in [3.05, 3.63) is 102 Å². The fraction of sp³-hybridized carbons (Fsp3) is 0.214. The molecule has 0 bridgehead atoms. The number of para-hydroxylation sites is 2. The van der Waals surface area contributed by atoms with Crippen molar-refractivity contribution in [2.24, 2.45) is 0 Å². The Morgan fingerprint density at radius 1 is 0.735 bits per heavy atom. The van der Waals surface area contributed by atoms with Crippen LogP contribution in [0.4, 0.5) is 11.4 Å². The highest BCUT2D eigenvalue weighted by Gasteiger charge is 2.19. The number of amides is 2. The third kappa shape index (κ3) is 6.88. The van der Waals surface area contributed by atoms with Crippen molar-refractivity contribution in [1.29, 1.82) is 0 Å². The van der Waals surface area contributed by atoms with Gasteiger partial charge in [-0.25, -0.2) is 0 Å². The molecule has 1 heterocycles. The zero-order valence-corrected chi connectivity index (χ0v) is 19.2. The summed E-state index contributed by atoms with van der Waals surface area (Å²) in [6, 6.07) is 26.7. The lowest BCUT2D eigenvalue weighted by Crippen LogP contribution is -2.48. The first-order chi connectivity index (χ1) is 16.7. The maximum atomic E-state index is 12.7. The summed E-state index contributed by atoms with van der Waals surface area (Å²) in [6.45, 7) is 4.72. The predicted molar refractivity (Wildman–Crippen MR) is 138 cm³/mol. The number of carbonyl (C=O) groups excluding carboxylic acids is 2. The number of rotatable bonds is 8. The van der Waals surface area contributed by atoms with Gasteiger partial charge in [-0.15, -0.1) is 0 Å². The van der Waals surface area contributed by atoms with Gasteiger partial charge in [-0.05, 0) is 29.8 Å². The van der Waals surface area contributed by atoms with Crippen LogP contribution in [0.2, 0.25) is 0 Å². The van der Waals surface area contributed by atoms with E-state index in [9.17, 15) is 9.59 Å². The highest BCUT2D eigenvalue weighted by molar-refractivity contribution is 6.10. The molecule has 0 radical (unpaired) electrons. The zero-order chi connectivity index (χ0) is 23.6. The summed E-state index contributed by atoms with van der Waals surface area (Å²) in [5, 5.41) is 5.80. The lowest BCUT2D eigenvalue weighted by molar-refractivity contribution is -0.117. The molecule has 2 N–H and O–H groups in total. The van der Waals surface area contributed by atoms with Gasteiger partial charge in [0.05, 0.1) is 17.8 Å². The summed E-state index contributed by atoms with van der Waals surface area (Å²) >= 11 is 0. The third-order valence-corrected chi connectivity index (χ3v) is 5.78. The summed E-state index contributed by atoms with van der Waals surface area (Å²) in [4.78, 5) is 30.0. The second kappa shape index (κ2) is 11.9. The van der Waals surface area contributed by atoms with E-state index in [4.69, 9.17) is 0 Å². The molecule has 1 fully saturated rings. The Balaban J connectivity index is 1.24. The van der Waals surface area contributed by atoms with Gasteiger partial charge in [0.2, 0.25) is 5.91 Å². The quantitative estimate of drug-likeness (QED) is 0.535. The van der Waals surface area contributed by atoms with Gasteiger partial charge in [0.15, 0.2) is 0 Å². The largest absolute Gasteiger partial charge is 0.324 e. The molecule has 0 saturated carbocycles. The molecule has 1 saturated heterocycles. The Hall–Kier alpha value is -3.74. The SMILES string of the molecule is O=C(CN1CCN(C/C=C/c2ccccc2)CC1)Nc1ccccc1C(=O)Nc1ccccc1. The predicted octanol–water partition coefficient (Wildman–Crippen LogP) is 4.21. The van der Waals surface area contributed by atoms with Gasteiger partial charge in [0, 0.05) is 38.4 Å². The number of hydrogen-bond acceptors (Lipinski definition) is 4. The van der Waals surface area contributed by atoms with Crippen LogP contribution in [0.3, 0.4) is 0 Å². The Morgan fingerprint density at radius 3 is 2.09 bits per heavy atom. The molecule has 0 aliphatic carbocycles. The van der Waals surface area contributed by atoms with Gasteiger partial charge in [0.25, 0.3) is 5.91 Å². The highest BCUT2D eigenvalue weighted by atomic mass is 16.2. The zero-order valence-electron chi connectivity index (χ0n) is 19.2. The Labute approximate surface area is 200 Å². The Bertz CT molecular complexity index is 1110. The van der Waals surface area contributed by atoms with Crippen molar-refractivity contribution in [2.75, 3.05) is 49.9 Å². The van der Waals surface area contributed by atoms with Crippen molar-refractivity contribution in [1.82, 2.24) is 9.80 Å². The van der Waals surface area contributed by atoms with Crippen LogP contribution in [0.5, 0.6) is 0 Å². The van der Waals surface area contributed by atoms with E-state index in [0.717, 1.165) is 32.7 Å². The number of nitrogens with one attached hydrogen (secondary N) is 2. The Morgan fingerprint density at radius 2 is 1.35 bits per heavy atom. The first-order valence-electron chi connectivity index (χ1n) is 11.6. The summed E-state index contributed by atoms with van der Waals surface area (Å²) in [5.41, 5.74) is 2.88. The lowest BCUT2D eigenvalue weighted by Gasteiger charge is -2.33. The molecule has 0 aromatic heterocycles. The maximum Gasteiger partial charge on any atom is 0.257 e. The normalized spacial score (nSPS) is 14.7. The molecule has 6 heteroatoms. The van der Waals surface area contributed by atoms with Crippen molar-refractivity contribution < 1.29 is 9.59 Å². The minimum atomic E-state index is -0.251. The minimum Gasteiger partial charge on any atom is -0.324 e. The van der Waals surface area contributed by atoms with Crippen LogP contribution in [-0.2, 0) is 4.79 Å². The summed E-state index contributed by atoms with van der Waals surface area (Å²) in [5.74, 6) is -0.364. The number of hydrogen-bond donors (Lipinski definition) is 2. The van der Waals surface area contributed by atoms with Crippen molar-refractivity contribution in [2.45, 2.75) is 0 Å². The molecular formula is C28H30N4O2. The highest BCUT2D eigenvalue weighted by Crippen LogP contribution is 2.17. The van der Waals surface area contributed by atoms with E-state index in [1.165, 1.54) is 5.56 Å². The molecular weight excluding hydrogens is 424 g/mol. The number of carbonyl (C=O) groups is 2. The molecule has 0 unspecified atom stereocenters. The molecule has 6 nitrogen and oxygen atoms in total. The van der Waals surface area contributed by atoms with Crippen LogP contribution in [0.15, 0.2) is 91.0 Å². The molecule has 4 rings (SSSR count). The van der Waals surface area contributed by atoms with Crippen LogP contribution in [0.25, 0.3) is 6.08 Å². The second-order valence-corrected chi connectivity index (χ2v) is 8.30. The number of piperazine rings is 1. The van der Waals surface area contributed by atoms with E-state index in [-0.39, 0.29) is 11.8 Å². The average molecular weight is 455 g/mol. The monoisotopic (exact) mass is 454 g/mol. The number of anilines is 2. The topological polar surface area (TPSA) is 64.7 Å². The molecule has 1 aliphatic rings. The third-order valence-electron chi connectivity index (χ3n) is 5.78. The smallest absolute Gasteiger partial charge is 0.257 e. The van der Waals surface area contributed by atoms with Crippen LogP contribution in [0.1, 0.15) is 15.9 Å². The molecule has 34 heavy (non-hydrogen) atoms. The first kappa shape index (κ1) is 23.4. The molecule has 174 valence electrons. The molecule has 0 spiro atoms. The van der Waals surface area contributed by atoms with E-state index in [1.807, 2.05) is 54.6 Å². The van der Waals surface area contributed by atoms with Gasteiger partial charge in [-0.1, -0.05) is 72.8 Å². The fourth-order valence-electron chi connectivity index (χ4n) is 3.93. The molecule has 0 atom stereocenters. The standard InChI is InChI=1S/C28H30N4O2/c33-27(22-32-20-18-31(19-21-32)17-9-12-23-10-3-1-4-11-23)30-26-16-8-7-15-25(26)28(34)29-24-13-5-2-6-14-24/h1-16H,17-22H2,(H,29,34)(H,30,33)/b12-9+. The van der Waals surface area contributed by atoms with E-state index >= 15 is 0 Å². The summed E-state index contributed by atoms with van der Waals surface area (Å²) < 4.78 is 0. The maximum absolute atomic E-state index is 12.7. The second-order valence-electron chi connectivity index (χ2n) is 8.30. The van der Waals surface area contributed by atoms with E-state index in [2.05, 4.69) is 44.7 Å². The number of benzene rings is 3. The van der Waals surface area contributed by atoms with E-state index in [0.29, 0.717) is 23.5 Å². The molecule has 3 aromatic rings. The van der Waals surface area contributed by atoms with E-state index in [1.54, 1.807) is 18.2 Å². The summed E-state index contributed by atoms with van der Waals surface area (Å²) in [6.07, 6.45) is 4.33. The van der Waals surface area contributed by atoms with Gasteiger partial charge in [-0.2, -0.15) is 0 Å². The van der Waals surface area contributed by atoms with Gasteiger partial charge in [-0.3, -0.25) is 19.4 Å². The Kier molecular flexibility index (Phi) is 8.22. The van der Waals surface area contributed by atoms with E-state index < -0.39 is 0 Å². The average Bonchev–Trinajstić information content (AvgIpc) is 2.87. The number of nitrogens with zero attached hydrogens (tertiary/aromatic N) is 2. The molecule has 1 aliphatic heterocycles. The molecule has 2 amide bonds. The van der Waals surface area contributed by atoms with Gasteiger partial charge in [0.1, 0.15) is 0 Å². The van der Waals surface area contributed by atoms with Crippen molar-refractivity contribution in [3.8, 4) is 0 Å². The van der Waals surface area contributed by atoms with Crippen LogP contribution < -0.4 is 10.6 Å². The summed E-state index contributed by atoms with van der Waals surface area (Å²) in [7, 11) is 0. The van der Waals surface area contributed by atoms with Crippen LogP contribution in [0, 0.1) is 0 Å². The van der Waals surface area contributed by atoms with Crippen molar-refractivity contribution >= 4 is 29.3 Å². The fourth-order valence-corrected chi connectivity index (χ4v) is 3.93. The lowest BCUT2D eigenvalue weighted by atomic mass is 10.1. The molecule has 3 aromatic carbocycles. The first-order valence-corrected chi connectivity index (χ1v) is 11.6. The van der Waals surface area contributed by atoms with Crippen LogP contribution in [-0.4, -0.2) is 60.9 Å². The van der Waals surface area contributed by atoms with Crippen molar-refractivity contribution in [3.63, 3.8) is 0 Å². The van der Waals surface area contributed by atoms with Gasteiger partial charge >= 0.3 is 0 Å².